The Kier molecular flexibility index (Phi) is 1.75. The van der Waals surface area contributed by atoms with Crippen LogP contribution < -0.4 is 0 Å². The van der Waals surface area contributed by atoms with E-state index in [1.54, 1.807) is 0 Å². The molecule has 0 unspecified atom stereocenters. The number of rotatable bonds is 0. The lowest BCUT2D eigenvalue weighted by Crippen LogP contribution is -1.78. The third-order valence-corrected chi connectivity index (χ3v) is 2.75. The van der Waals surface area contributed by atoms with Crippen LogP contribution in [-0.2, 0) is 0 Å². The predicted octanol–water partition coefficient (Wildman–Crippen LogP) is 4.10. The van der Waals surface area contributed by atoms with Gasteiger partial charge in [-0.3, -0.25) is 0 Å². The molecule has 0 aliphatic heterocycles. The third kappa shape index (κ3) is 1.39. The van der Waals surface area contributed by atoms with E-state index in [4.69, 9.17) is 0 Å². The SMILES string of the molecule is Cc1ccc2[c]c3ccccc3cc2c1. The molecule has 71 valence electrons. The van der Waals surface area contributed by atoms with E-state index in [2.05, 4.69) is 61.5 Å². The van der Waals surface area contributed by atoms with Crippen LogP contribution in [0, 0.1) is 13.0 Å². The van der Waals surface area contributed by atoms with E-state index in [1.165, 1.54) is 27.1 Å². The van der Waals surface area contributed by atoms with Crippen LogP contribution in [0.2, 0.25) is 0 Å². The largest absolute Gasteiger partial charge is 0.0616 e. The van der Waals surface area contributed by atoms with Gasteiger partial charge < -0.3 is 0 Å². The predicted molar refractivity (Wildman–Crippen MR) is 65.0 cm³/mol. The molecule has 0 fully saturated rings. The maximum absolute atomic E-state index is 3.44. The van der Waals surface area contributed by atoms with E-state index in [0.717, 1.165) is 0 Å². The second-order valence-corrected chi connectivity index (χ2v) is 3.95. The summed E-state index contributed by atoms with van der Waals surface area (Å²) in [5.41, 5.74) is 1.30. The first-order chi connectivity index (χ1) is 7.33. The van der Waals surface area contributed by atoms with Crippen LogP contribution in [0.4, 0.5) is 0 Å². The van der Waals surface area contributed by atoms with Gasteiger partial charge >= 0.3 is 0 Å². The van der Waals surface area contributed by atoms with Gasteiger partial charge in [0.25, 0.3) is 0 Å². The average Bonchev–Trinajstić information content (AvgIpc) is 2.26. The first-order valence-electron chi connectivity index (χ1n) is 5.14. The molecule has 0 nitrogen and oxygen atoms in total. The molecule has 0 bridgehead atoms. The van der Waals surface area contributed by atoms with Crippen molar-refractivity contribution in [1.29, 1.82) is 0 Å². The highest BCUT2D eigenvalue weighted by Gasteiger charge is 1.97. The molecule has 0 aliphatic rings. The molecule has 0 aliphatic carbocycles. The van der Waals surface area contributed by atoms with Crippen molar-refractivity contribution in [2.24, 2.45) is 0 Å². The average molecular weight is 191 g/mol. The Bertz CT molecular complexity index is 636. The molecular weight excluding hydrogens is 180 g/mol. The van der Waals surface area contributed by atoms with Gasteiger partial charge in [-0.05, 0) is 40.6 Å². The first-order valence-corrected chi connectivity index (χ1v) is 5.14. The van der Waals surface area contributed by atoms with Crippen molar-refractivity contribution in [3.63, 3.8) is 0 Å². The van der Waals surface area contributed by atoms with Crippen molar-refractivity contribution in [2.75, 3.05) is 0 Å². The number of fused-ring (bicyclic) bond motifs is 2. The van der Waals surface area contributed by atoms with Gasteiger partial charge in [0.05, 0.1) is 0 Å². The second-order valence-electron chi connectivity index (χ2n) is 3.95. The molecule has 15 heavy (non-hydrogen) atoms. The molecule has 0 atom stereocenters. The molecule has 1 radical (unpaired) electrons. The molecule has 3 rings (SSSR count). The highest BCUT2D eigenvalue weighted by atomic mass is 14.0. The Morgan fingerprint density at radius 1 is 0.800 bits per heavy atom. The molecule has 0 heteroatoms. The van der Waals surface area contributed by atoms with Gasteiger partial charge in [0.1, 0.15) is 0 Å². The summed E-state index contributed by atoms with van der Waals surface area (Å²) in [5.74, 6) is 0. The zero-order valence-electron chi connectivity index (χ0n) is 8.62. The van der Waals surface area contributed by atoms with E-state index in [0.29, 0.717) is 0 Å². The molecule has 0 spiro atoms. The van der Waals surface area contributed by atoms with Crippen molar-refractivity contribution < 1.29 is 0 Å². The van der Waals surface area contributed by atoms with E-state index < -0.39 is 0 Å². The van der Waals surface area contributed by atoms with Gasteiger partial charge in [-0.2, -0.15) is 0 Å². The smallest absolute Gasteiger partial charge is 0.00143 e. The minimum Gasteiger partial charge on any atom is -0.0616 e. The summed E-state index contributed by atoms with van der Waals surface area (Å²) in [4.78, 5) is 0. The molecule has 0 saturated heterocycles. The lowest BCUT2D eigenvalue weighted by molar-refractivity contribution is 1.51. The lowest BCUT2D eigenvalue weighted by atomic mass is 10.0. The van der Waals surface area contributed by atoms with Gasteiger partial charge in [0.2, 0.25) is 0 Å². The van der Waals surface area contributed by atoms with Crippen LogP contribution in [-0.4, -0.2) is 0 Å². The molecule has 0 heterocycles. The summed E-state index contributed by atoms with van der Waals surface area (Å²) in [6.45, 7) is 2.12. The summed E-state index contributed by atoms with van der Waals surface area (Å²) in [6.07, 6.45) is 0. The summed E-state index contributed by atoms with van der Waals surface area (Å²) >= 11 is 0. The van der Waals surface area contributed by atoms with Crippen LogP contribution in [0.1, 0.15) is 5.56 Å². The molecule has 3 aromatic rings. The Labute approximate surface area is 89.2 Å². The van der Waals surface area contributed by atoms with Crippen LogP contribution >= 0.6 is 0 Å². The molecular formula is C15H11. The third-order valence-electron chi connectivity index (χ3n) is 2.75. The van der Waals surface area contributed by atoms with Crippen molar-refractivity contribution in [3.8, 4) is 0 Å². The Morgan fingerprint density at radius 2 is 1.60 bits per heavy atom. The lowest BCUT2D eigenvalue weighted by Gasteiger charge is -2.02. The molecule has 0 amide bonds. The maximum atomic E-state index is 3.44. The Balaban J connectivity index is 2.47. The number of aryl methyl sites for hydroxylation is 1. The normalized spacial score (nSPS) is 11.0. The summed E-state index contributed by atoms with van der Waals surface area (Å²) in [7, 11) is 0. The second kappa shape index (κ2) is 3.09. The Hall–Kier alpha value is -1.82. The zero-order chi connectivity index (χ0) is 10.3. The van der Waals surface area contributed by atoms with Gasteiger partial charge in [-0.25, -0.2) is 0 Å². The molecule has 3 aromatic carbocycles. The quantitative estimate of drug-likeness (QED) is 0.469. The number of hydrogen-bond donors (Lipinski definition) is 0. The number of hydrogen-bond acceptors (Lipinski definition) is 0. The Morgan fingerprint density at radius 3 is 2.53 bits per heavy atom. The zero-order valence-corrected chi connectivity index (χ0v) is 8.62. The first kappa shape index (κ1) is 8.49. The standard InChI is InChI=1S/C15H11/c1-11-6-7-14-9-12-4-2-3-5-13(12)10-15(14)8-11/h2-8,10H,1H3. The van der Waals surface area contributed by atoms with Crippen LogP contribution in [0.5, 0.6) is 0 Å². The van der Waals surface area contributed by atoms with Crippen molar-refractivity contribution in [1.82, 2.24) is 0 Å². The van der Waals surface area contributed by atoms with E-state index in [-0.39, 0.29) is 0 Å². The van der Waals surface area contributed by atoms with Crippen LogP contribution in [0.15, 0.2) is 48.5 Å². The monoisotopic (exact) mass is 191 g/mol. The van der Waals surface area contributed by atoms with Gasteiger partial charge in [-0.1, -0.05) is 48.0 Å². The fourth-order valence-electron chi connectivity index (χ4n) is 1.96. The fraction of sp³-hybridized carbons (Fsp3) is 0.0667. The van der Waals surface area contributed by atoms with E-state index in [1.807, 2.05) is 0 Å². The fourth-order valence-corrected chi connectivity index (χ4v) is 1.96. The minimum atomic E-state index is 1.19. The van der Waals surface area contributed by atoms with E-state index >= 15 is 0 Å². The summed E-state index contributed by atoms with van der Waals surface area (Å²) < 4.78 is 0. The van der Waals surface area contributed by atoms with Gasteiger partial charge in [0, 0.05) is 0 Å². The molecule has 0 aromatic heterocycles. The summed E-state index contributed by atoms with van der Waals surface area (Å²) in [5, 5.41) is 4.91. The van der Waals surface area contributed by atoms with Crippen LogP contribution in [0.25, 0.3) is 21.5 Å². The van der Waals surface area contributed by atoms with Gasteiger partial charge in [0.15, 0.2) is 0 Å². The minimum absolute atomic E-state index is 1.19. The van der Waals surface area contributed by atoms with Crippen molar-refractivity contribution >= 4 is 21.5 Å². The highest BCUT2D eigenvalue weighted by Crippen LogP contribution is 2.22. The molecule has 0 saturated carbocycles. The topological polar surface area (TPSA) is 0 Å². The van der Waals surface area contributed by atoms with Crippen LogP contribution in [0.3, 0.4) is 0 Å². The maximum Gasteiger partial charge on any atom is -0.00143 e. The van der Waals surface area contributed by atoms with Crippen molar-refractivity contribution in [2.45, 2.75) is 6.92 Å². The van der Waals surface area contributed by atoms with Crippen molar-refractivity contribution in [3.05, 3.63) is 60.2 Å². The van der Waals surface area contributed by atoms with Gasteiger partial charge in [-0.15, -0.1) is 0 Å². The number of benzene rings is 3. The molecule has 0 N–H and O–H groups in total. The van der Waals surface area contributed by atoms with E-state index in [9.17, 15) is 0 Å². The summed E-state index contributed by atoms with van der Waals surface area (Å²) in [6, 6.07) is 20.5. The highest BCUT2D eigenvalue weighted by molar-refractivity contribution is 5.97.